The van der Waals surface area contributed by atoms with Crippen LogP contribution in [0.2, 0.25) is 0 Å². The van der Waals surface area contributed by atoms with Gasteiger partial charge in [0, 0.05) is 6.04 Å². The van der Waals surface area contributed by atoms with Gasteiger partial charge in [0.1, 0.15) is 5.75 Å². The summed E-state index contributed by atoms with van der Waals surface area (Å²) >= 11 is 0. The summed E-state index contributed by atoms with van der Waals surface area (Å²) in [6.07, 6.45) is 2.32. The van der Waals surface area contributed by atoms with Crippen molar-refractivity contribution < 1.29 is 5.11 Å². The van der Waals surface area contributed by atoms with E-state index in [-0.39, 0.29) is 0 Å². The quantitative estimate of drug-likeness (QED) is 0.826. The second-order valence-electron chi connectivity index (χ2n) is 4.96. The minimum atomic E-state index is 0.463. The fourth-order valence-corrected chi connectivity index (χ4v) is 2.56. The number of aromatic hydroxyl groups is 1. The van der Waals surface area contributed by atoms with Crippen LogP contribution in [0.3, 0.4) is 0 Å². The Kier molecular flexibility index (Phi) is 3.49. The summed E-state index contributed by atoms with van der Waals surface area (Å²) in [6, 6.07) is 8.41. The molecule has 1 N–H and O–H groups in total. The largest absolute Gasteiger partial charge is 0.508 e. The average Bonchev–Trinajstić information content (AvgIpc) is 2.30. The molecule has 1 heterocycles. The molecule has 0 saturated carbocycles. The second-order valence-corrected chi connectivity index (χ2v) is 4.96. The van der Waals surface area contributed by atoms with E-state index >= 15 is 0 Å². The molecule has 1 saturated heterocycles. The van der Waals surface area contributed by atoms with Gasteiger partial charge in [0.25, 0.3) is 0 Å². The zero-order chi connectivity index (χ0) is 11.5. The fraction of sp³-hybridized carbons (Fsp3) is 0.571. The molecule has 1 aromatic rings. The number of hydrogen-bond acceptors (Lipinski definition) is 2. The molecule has 0 aliphatic carbocycles. The van der Waals surface area contributed by atoms with Crippen molar-refractivity contribution in [2.75, 3.05) is 13.1 Å². The van der Waals surface area contributed by atoms with Crippen LogP contribution >= 0.6 is 0 Å². The van der Waals surface area contributed by atoms with E-state index in [1.54, 1.807) is 6.07 Å². The lowest BCUT2D eigenvalue weighted by Gasteiger charge is -2.34. The summed E-state index contributed by atoms with van der Waals surface area (Å²) in [5.41, 5.74) is 1.13. The van der Waals surface area contributed by atoms with Gasteiger partial charge in [-0.2, -0.15) is 0 Å². The molecule has 0 radical (unpaired) electrons. The lowest BCUT2D eigenvalue weighted by Crippen LogP contribution is -2.37. The maximum absolute atomic E-state index is 9.82. The summed E-state index contributed by atoms with van der Waals surface area (Å²) in [4.78, 5) is 2.51. The highest BCUT2D eigenvalue weighted by molar-refractivity contribution is 5.35. The standard InChI is InChI=1S/C14H21NO/c1-11(2)15-9-7-12(8-10-15)13-5-3-4-6-14(13)16/h3-6,11-12,16H,7-10H2,1-2H3. The van der Waals surface area contributed by atoms with Crippen molar-refractivity contribution >= 4 is 0 Å². The first-order valence-corrected chi connectivity index (χ1v) is 6.20. The molecule has 1 fully saturated rings. The van der Waals surface area contributed by atoms with E-state index in [4.69, 9.17) is 0 Å². The fourth-order valence-electron chi connectivity index (χ4n) is 2.56. The number of phenols is 1. The molecule has 0 bridgehead atoms. The van der Waals surface area contributed by atoms with E-state index in [1.165, 1.54) is 0 Å². The van der Waals surface area contributed by atoms with Crippen molar-refractivity contribution in [3.05, 3.63) is 29.8 Å². The van der Waals surface area contributed by atoms with Crippen molar-refractivity contribution in [1.82, 2.24) is 4.90 Å². The van der Waals surface area contributed by atoms with Gasteiger partial charge >= 0.3 is 0 Å². The minimum absolute atomic E-state index is 0.463. The Morgan fingerprint density at radius 3 is 2.38 bits per heavy atom. The van der Waals surface area contributed by atoms with Gasteiger partial charge in [-0.25, -0.2) is 0 Å². The number of likely N-dealkylation sites (tertiary alicyclic amines) is 1. The molecule has 16 heavy (non-hydrogen) atoms. The third-order valence-electron chi connectivity index (χ3n) is 3.64. The monoisotopic (exact) mass is 219 g/mol. The Bertz CT molecular complexity index is 340. The number of phenolic OH excluding ortho intramolecular Hbond substituents is 1. The number of rotatable bonds is 2. The topological polar surface area (TPSA) is 23.5 Å². The van der Waals surface area contributed by atoms with Gasteiger partial charge in [-0.05, 0) is 57.3 Å². The molecule has 1 aromatic carbocycles. The first-order chi connectivity index (χ1) is 7.68. The zero-order valence-corrected chi connectivity index (χ0v) is 10.2. The van der Waals surface area contributed by atoms with E-state index in [0.29, 0.717) is 17.7 Å². The van der Waals surface area contributed by atoms with Crippen LogP contribution in [0.4, 0.5) is 0 Å². The van der Waals surface area contributed by atoms with Crippen molar-refractivity contribution in [1.29, 1.82) is 0 Å². The second kappa shape index (κ2) is 4.88. The molecule has 0 atom stereocenters. The highest BCUT2D eigenvalue weighted by Gasteiger charge is 2.23. The van der Waals surface area contributed by atoms with E-state index in [0.717, 1.165) is 31.5 Å². The lowest BCUT2D eigenvalue weighted by atomic mass is 9.88. The Morgan fingerprint density at radius 2 is 1.81 bits per heavy atom. The van der Waals surface area contributed by atoms with E-state index < -0.39 is 0 Å². The molecule has 1 aliphatic rings. The van der Waals surface area contributed by atoms with Crippen molar-refractivity contribution in [3.63, 3.8) is 0 Å². The minimum Gasteiger partial charge on any atom is -0.508 e. The van der Waals surface area contributed by atoms with E-state index in [1.807, 2.05) is 12.1 Å². The van der Waals surface area contributed by atoms with Gasteiger partial charge in [-0.3, -0.25) is 0 Å². The van der Waals surface area contributed by atoms with Gasteiger partial charge in [-0.15, -0.1) is 0 Å². The highest BCUT2D eigenvalue weighted by Crippen LogP contribution is 2.33. The highest BCUT2D eigenvalue weighted by atomic mass is 16.3. The molecule has 0 amide bonds. The lowest BCUT2D eigenvalue weighted by molar-refractivity contribution is 0.171. The predicted molar refractivity (Wildman–Crippen MR) is 66.8 cm³/mol. The van der Waals surface area contributed by atoms with Gasteiger partial charge in [-0.1, -0.05) is 18.2 Å². The van der Waals surface area contributed by atoms with Gasteiger partial charge in [0.2, 0.25) is 0 Å². The van der Waals surface area contributed by atoms with Crippen LogP contribution in [0, 0.1) is 0 Å². The van der Waals surface area contributed by atoms with E-state index in [9.17, 15) is 5.11 Å². The van der Waals surface area contributed by atoms with E-state index in [2.05, 4.69) is 24.8 Å². The number of nitrogens with zero attached hydrogens (tertiary/aromatic N) is 1. The number of hydrogen-bond donors (Lipinski definition) is 1. The average molecular weight is 219 g/mol. The normalized spacial score (nSPS) is 19.2. The third-order valence-corrected chi connectivity index (χ3v) is 3.64. The van der Waals surface area contributed by atoms with Gasteiger partial charge in [0.15, 0.2) is 0 Å². The molecule has 2 heteroatoms. The molecular formula is C14H21NO. The molecular weight excluding hydrogens is 198 g/mol. The van der Waals surface area contributed by atoms with Crippen LogP contribution in [-0.4, -0.2) is 29.1 Å². The Morgan fingerprint density at radius 1 is 1.19 bits per heavy atom. The summed E-state index contributed by atoms with van der Waals surface area (Å²) in [5, 5.41) is 9.82. The first kappa shape index (κ1) is 11.5. The summed E-state index contributed by atoms with van der Waals surface area (Å²) in [5.74, 6) is 1.00. The molecule has 88 valence electrons. The van der Waals surface area contributed by atoms with Crippen LogP contribution < -0.4 is 0 Å². The summed E-state index contributed by atoms with van der Waals surface area (Å²) in [7, 11) is 0. The Hall–Kier alpha value is -1.02. The smallest absolute Gasteiger partial charge is 0.119 e. The van der Waals surface area contributed by atoms with Crippen LogP contribution in [0.5, 0.6) is 5.75 Å². The van der Waals surface area contributed by atoms with Crippen molar-refractivity contribution in [2.24, 2.45) is 0 Å². The maximum atomic E-state index is 9.82. The van der Waals surface area contributed by atoms with Gasteiger partial charge < -0.3 is 10.0 Å². The van der Waals surface area contributed by atoms with Crippen molar-refractivity contribution in [2.45, 2.75) is 38.6 Å². The Labute approximate surface area is 97.9 Å². The molecule has 0 spiro atoms. The van der Waals surface area contributed by atoms with Crippen LogP contribution in [0.25, 0.3) is 0 Å². The van der Waals surface area contributed by atoms with Crippen LogP contribution in [0.15, 0.2) is 24.3 Å². The number of para-hydroxylation sites is 1. The molecule has 2 nitrogen and oxygen atoms in total. The van der Waals surface area contributed by atoms with Crippen molar-refractivity contribution in [3.8, 4) is 5.75 Å². The predicted octanol–water partition coefficient (Wildman–Crippen LogP) is 2.98. The third kappa shape index (κ3) is 2.38. The van der Waals surface area contributed by atoms with Crippen LogP contribution in [0.1, 0.15) is 38.2 Å². The molecule has 1 aliphatic heterocycles. The zero-order valence-electron chi connectivity index (χ0n) is 10.2. The number of piperidine rings is 1. The van der Waals surface area contributed by atoms with Crippen LogP contribution in [-0.2, 0) is 0 Å². The molecule has 0 unspecified atom stereocenters. The summed E-state index contributed by atoms with van der Waals surface area (Å²) in [6.45, 7) is 6.80. The molecule has 2 rings (SSSR count). The number of benzene rings is 1. The summed E-state index contributed by atoms with van der Waals surface area (Å²) < 4.78 is 0. The first-order valence-electron chi connectivity index (χ1n) is 6.20. The maximum Gasteiger partial charge on any atom is 0.119 e. The van der Waals surface area contributed by atoms with Gasteiger partial charge in [0.05, 0.1) is 0 Å². The SMILES string of the molecule is CC(C)N1CCC(c2ccccc2O)CC1. The Balaban J connectivity index is 2.02. The molecule has 0 aromatic heterocycles.